The lowest BCUT2D eigenvalue weighted by Crippen LogP contribution is -2.60. The third kappa shape index (κ3) is 1.60. The summed E-state index contributed by atoms with van der Waals surface area (Å²) in [6.07, 6.45) is -3.84. The van der Waals surface area contributed by atoms with Gasteiger partial charge >= 0.3 is 0 Å². The molecule has 1 fully saturated rings. The number of aliphatic hydroxyl groups excluding tert-OH is 3. The van der Waals surface area contributed by atoms with Crippen LogP contribution < -0.4 is 5.32 Å². The summed E-state index contributed by atoms with van der Waals surface area (Å²) in [7, 11) is 1.66. The van der Waals surface area contributed by atoms with Gasteiger partial charge in [0.05, 0.1) is 12.1 Å². The van der Waals surface area contributed by atoms with Crippen molar-refractivity contribution < 1.29 is 20.1 Å². The maximum atomic E-state index is 9.43. The smallest absolute Gasteiger partial charge is 0.183 e. The maximum Gasteiger partial charge on any atom is 0.183 e. The van der Waals surface area contributed by atoms with E-state index in [1.54, 1.807) is 14.0 Å². The molecule has 5 heteroatoms. The van der Waals surface area contributed by atoms with Gasteiger partial charge in [-0.3, -0.25) is 0 Å². The lowest BCUT2D eigenvalue weighted by Gasteiger charge is -2.39. The Labute approximate surface area is 71.0 Å². The summed E-state index contributed by atoms with van der Waals surface area (Å²) in [5.74, 6) is 0. The number of aliphatic hydroxyl groups is 3. The van der Waals surface area contributed by atoms with Gasteiger partial charge in [-0.05, 0) is 14.0 Å². The minimum atomic E-state index is -1.29. The number of ether oxygens (including phenoxy) is 1. The third-order valence-corrected chi connectivity index (χ3v) is 2.20. The Balaban J connectivity index is 2.65. The van der Waals surface area contributed by atoms with E-state index in [0.29, 0.717) is 0 Å². The monoisotopic (exact) mass is 177 g/mol. The largest absolute Gasteiger partial charge is 0.388 e. The summed E-state index contributed by atoms with van der Waals surface area (Å²) in [6.45, 7) is 1.72. The molecular weight excluding hydrogens is 162 g/mol. The molecule has 0 unspecified atom stereocenters. The average molecular weight is 177 g/mol. The molecular formula is C7H15NO4. The van der Waals surface area contributed by atoms with E-state index in [1.165, 1.54) is 0 Å². The van der Waals surface area contributed by atoms with Gasteiger partial charge in [-0.25, -0.2) is 0 Å². The van der Waals surface area contributed by atoms with Crippen LogP contribution in [0.5, 0.6) is 0 Å². The molecule has 1 rings (SSSR count). The molecule has 0 aromatic rings. The fraction of sp³-hybridized carbons (Fsp3) is 1.00. The quantitative estimate of drug-likeness (QED) is 0.373. The van der Waals surface area contributed by atoms with Crippen LogP contribution in [0.4, 0.5) is 0 Å². The van der Waals surface area contributed by atoms with Crippen molar-refractivity contribution in [2.75, 3.05) is 7.05 Å². The Bertz CT molecular complexity index is 154. The van der Waals surface area contributed by atoms with Gasteiger partial charge in [0.25, 0.3) is 0 Å². The molecule has 4 N–H and O–H groups in total. The lowest BCUT2D eigenvalue weighted by molar-refractivity contribution is -0.252. The zero-order valence-electron chi connectivity index (χ0n) is 7.14. The van der Waals surface area contributed by atoms with Crippen LogP contribution in [-0.4, -0.2) is 53.0 Å². The Morgan fingerprint density at radius 3 is 2.25 bits per heavy atom. The van der Waals surface area contributed by atoms with Crippen molar-refractivity contribution in [3.63, 3.8) is 0 Å². The van der Waals surface area contributed by atoms with Crippen molar-refractivity contribution in [1.82, 2.24) is 5.32 Å². The SMILES string of the molecule is CN[C@@H]1[C@H](O)[C@@H](O)[C@@H](O)O[C@@H]1C. The Kier molecular flexibility index (Phi) is 3.03. The van der Waals surface area contributed by atoms with E-state index in [9.17, 15) is 10.2 Å². The first-order valence-corrected chi connectivity index (χ1v) is 3.95. The van der Waals surface area contributed by atoms with Gasteiger partial charge in [0.15, 0.2) is 6.29 Å². The third-order valence-electron chi connectivity index (χ3n) is 2.20. The molecule has 72 valence electrons. The van der Waals surface area contributed by atoms with E-state index in [2.05, 4.69) is 5.32 Å². The molecule has 1 aliphatic heterocycles. The first-order valence-electron chi connectivity index (χ1n) is 3.95. The van der Waals surface area contributed by atoms with Crippen LogP contribution in [0.2, 0.25) is 0 Å². The van der Waals surface area contributed by atoms with E-state index in [4.69, 9.17) is 9.84 Å². The molecule has 1 aliphatic rings. The summed E-state index contributed by atoms with van der Waals surface area (Å²) >= 11 is 0. The summed E-state index contributed by atoms with van der Waals surface area (Å²) < 4.78 is 4.96. The highest BCUT2D eigenvalue weighted by molar-refractivity contribution is 4.90. The van der Waals surface area contributed by atoms with Gasteiger partial charge in [-0.1, -0.05) is 0 Å². The van der Waals surface area contributed by atoms with Gasteiger partial charge in [0.1, 0.15) is 12.2 Å². The molecule has 0 radical (unpaired) electrons. The zero-order valence-corrected chi connectivity index (χ0v) is 7.14. The van der Waals surface area contributed by atoms with Crippen molar-refractivity contribution in [2.24, 2.45) is 0 Å². The van der Waals surface area contributed by atoms with Crippen molar-refractivity contribution in [3.05, 3.63) is 0 Å². The molecule has 5 atom stereocenters. The lowest BCUT2D eigenvalue weighted by atomic mass is 9.97. The highest BCUT2D eigenvalue weighted by Crippen LogP contribution is 2.18. The minimum Gasteiger partial charge on any atom is -0.388 e. The fourth-order valence-corrected chi connectivity index (χ4v) is 1.45. The molecule has 1 heterocycles. The predicted molar refractivity (Wildman–Crippen MR) is 41.4 cm³/mol. The summed E-state index contributed by atoms with van der Waals surface area (Å²) in [4.78, 5) is 0. The molecule has 0 amide bonds. The number of likely N-dealkylation sites (N-methyl/N-ethyl adjacent to an activating group) is 1. The van der Waals surface area contributed by atoms with Crippen molar-refractivity contribution in [1.29, 1.82) is 0 Å². The second-order valence-electron chi connectivity index (χ2n) is 3.03. The predicted octanol–water partition coefficient (Wildman–Crippen LogP) is -1.97. The molecule has 0 aromatic carbocycles. The number of hydrogen-bond donors (Lipinski definition) is 4. The van der Waals surface area contributed by atoms with Crippen LogP contribution in [0.3, 0.4) is 0 Å². The highest BCUT2D eigenvalue weighted by atomic mass is 16.6. The minimum absolute atomic E-state index is 0.316. The molecule has 0 bridgehead atoms. The molecule has 1 saturated heterocycles. The second-order valence-corrected chi connectivity index (χ2v) is 3.03. The summed E-state index contributed by atoms with van der Waals surface area (Å²) in [5.41, 5.74) is 0. The van der Waals surface area contributed by atoms with E-state index < -0.39 is 18.5 Å². The molecule has 0 aromatic heterocycles. The van der Waals surface area contributed by atoms with Crippen LogP contribution >= 0.6 is 0 Å². The van der Waals surface area contributed by atoms with Gasteiger partial charge in [0.2, 0.25) is 0 Å². The number of hydrogen-bond acceptors (Lipinski definition) is 5. The molecule has 12 heavy (non-hydrogen) atoms. The molecule has 0 saturated carbocycles. The molecule has 0 aliphatic carbocycles. The van der Waals surface area contributed by atoms with Crippen molar-refractivity contribution >= 4 is 0 Å². The fourth-order valence-electron chi connectivity index (χ4n) is 1.45. The summed E-state index contributed by atoms with van der Waals surface area (Å²) in [5, 5.41) is 30.5. The van der Waals surface area contributed by atoms with E-state index in [-0.39, 0.29) is 12.1 Å². The number of nitrogens with one attached hydrogen (secondary N) is 1. The van der Waals surface area contributed by atoms with E-state index >= 15 is 0 Å². The molecule has 0 spiro atoms. The normalized spacial score (nSPS) is 49.2. The zero-order chi connectivity index (χ0) is 9.30. The van der Waals surface area contributed by atoms with E-state index in [1.807, 2.05) is 0 Å². The average Bonchev–Trinajstić information content (AvgIpc) is 2.01. The van der Waals surface area contributed by atoms with Gasteiger partial charge in [-0.15, -0.1) is 0 Å². The molecule has 5 nitrogen and oxygen atoms in total. The van der Waals surface area contributed by atoms with Crippen LogP contribution in [0.15, 0.2) is 0 Å². The van der Waals surface area contributed by atoms with Crippen molar-refractivity contribution in [2.45, 2.75) is 37.6 Å². The Morgan fingerprint density at radius 2 is 1.75 bits per heavy atom. The summed E-state index contributed by atoms with van der Waals surface area (Å²) in [6, 6.07) is -0.344. The van der Waals surface area contributed by atoms with Crippen LogP contribution in [0.25, 0.3) is 0 Å². The highest BCUT2D eigenvalue weighted by Gasteiger charge is 2.40. The maximum absolute atomic E-state index is 9.43. The van der Waals surface area contributed by atoms with Gasteiger partial charge in [0, 0.05) is 0 Å². The first-order chi connectivity index (χ1) is 5.57. The first kappa shape index (κ1) is 9.88. The standard InChI is InChI=1S/C7H15NO4/c1-3-4(8-2)5(9)6(10)7(11)12-3/h3-11H,1-2H3/t3-,4+,5+,6-,7+/m1/s1. The number of rotatable bonds is 1. The van der Waals surface area contributed by atoms with Gasteiger partial charge < -0.3 is 25.4 Å². The topological polar surface area (TPSA) is 82.0 Å². The van der Waals surface area contributed by atoms with Crippen LogP contribution in [-0.2, 0) is 4.74 Å². The van der Waals surface area contributed by atoms with E-state index in [0.717, 1.165) is 0 Å². The van der Waals surface area contributed by atoms with Crippen LogP contribution in [0.1, 0.15) is 6.92 Å². The Hall–Kier alpha value is -0.200. The van der Waals surface area contributed by atoms with Crippen molar-refractivity contribution in [3.8, 4) is 0 Å². The van der Waals surface area contributed by atoms with Crippen LogP contribution in [0, 0.1) is 0 Å². The second kappa shape index (κ2) is 3.68. The van der Waals surface area contributed by atoms with Gasteiger partial charge in [-0.2, -0.15) is 0 Å². The Morgan fingerprint density at radius 1 is 1.17 bits per heavy atom.